The van der Waals surface area contributed by atoms with Gasteiger partial charge >= 0.3 is 0 Å². The number of piperidine rings is 1. The van der Waals surface area contributed by atoms with Crippen molar-refractivity contribution in [3.05, 3.63) is 77.1 Å². The molecular weight excluding hydrogens is 463 g/mol. The second-order valence-corrected chi connectivity index (χ2v) is 9.30. The molecule has 2 aliphatic heterocycles. The van der Waals surface area contributed by atoms with Gasteiger partial charge in [-0.05, 0) is 55.2 Å². The van der Waals surface area contributed by atoms with Crippen molar-refractivity contribution in [2.45, 2.75) is 39.0 Å². The Labute approximate surface area is 209 Å². The van der Waals surface area contributed by atoms with Crippen LogP contribution in [-0.2, 0) is 22.7 Å². The molecule has 1 aromatic heterocycles. The molecule has 0 spiro atoms. The largest absolute Gasteiger partial charge is 0.495 e. The Morgan fingerprint density at radius 3 is 2.61 bits per heavy atom. The number of likely N-dealkylation sites (tertiary alicyclic amines) is 1. The van der Waals surface area contributed by atoms with Gasteiger partial charge in [-0.3, -0.25) is 9.59 Å². The van der Waals surface area contributed by atoms with Gasteiger partial charge in [0.2, 0.25) is 5.91 Å². The third-order valence-electron chi connectivity index (χ3n) is 6.94. The third-order valence-corrected chi connectivity index (χ3v) is 6.94. The third kappa shape index (κ3) is 4.83. The molecule has 3 heterocycles. The highest BCUT2D eigenvalue weighted by Gasteiger charge is 2.32. The average molecular weight is 493 g/mol. The molecule has 2 amide bonds. The molecule has 0 aliphatic carbocycles. The maximum atomic E-state index is 13.2. The van der Waals surface area contributed by atoms with Crippen molar-refractivity contribution >= 4 is 17.5 Å². The number of imidazole rings is 1. The van der Waals surface area contributed by atoms with Crippen molar-refractivity contribution in [2.24, 2.45) is 5.92 Å². The number of fused-ring (bicyclic) bond motifs is 1. The van der Waals surface area contributed by atoms with Gasteiger partial charge in [0.1, 0.15) is 17.7 Å². The van der Waals surface area contributed by atoms with Crippen molar-refractivity contribution in [1.82, 2.24) is 14.5 Å². The number of hydrogen-bond acceptors (Lipinski definition) is 5. The summed E-state index contributed by atoms with van der Waals surface area (Å²) in [5, 5.41) is 2.98. The summed E-state index contributed by atoms with van der Waals surface area (Å²) in [4.78, 5) is 32.3. The van der Waals surface area contributed by atoms with Gasteiger partial charge in [-0.15, -0.1) is 0 Å². The zero-order chi connectivity index (χ0) is 25.2. The standard InChI is InChI=1S/C27H29FN4O4/c1-17-3-8-23(35-2)21(13-17)30-26(33)19-9-11-31(12-10-19)27(34)25-22-15-36-24(14-32(22)16-29-25)18-4-6-20(28)7-5-18/h3-8,13,16,19,24H,9-12,14-15H2,1-2H3,(H,30,33). The predicted molar refractivity (Wildman–Crippen MR) is 131 cm³/mol. The number of nitrogens with one attached hydrogen (secondary N) is 1. The van der Waals surface area contributed by atoms with Crippen LogP contribution in [0.15, 0.2) is 48.8 Å². The van der Waals surface area contributed by atoms with E-state index in [0.717, 1.165) is 16.8 Å². The summed E-state index contributed by atoms with van der Waals surface area (Å²) in [5.41, 5.74) is 3.70. The highest BCUT2D eigenvalue weighted by atomic mass is 19.1. The number of aryl methyl sites for hydroxylation is 1. The Balaban J connectivity index is 1.19. The van der Waals surface area contributed by atoms with E-state index in [4.69, 9.17) is 9.47 Å². The molecule has 1 saturated heterocycles. The van der Waals surface area contributed by atoms with Gasteiger partial charge in [-0.2, -0.15) is 0 Å². The van der Waals surface area contributed by atoms with Crippen molar-refractivity contribution in [3.63, 3.8) is 0 Å². The van der Waals surface area contributed by atoms with E-state index in [1.807, 2.05) is 29.7 Å². The second kappa shape index (κ2) is 10.1. The molecule has 188 valence electrons. The molecule has 5 rings (SSSR count). The van der Waals surface area contributed by atoms with Gasteiger partial charge < -0.3 is 24.3 Å². The number of amides is 2. The number of nitrogens with zero attached hydrogens (tertiary/aromatic N) is 3. The molecule has 8 nitrogen and oxygen atoms in total. The van der Waals surface area contributed by atoms with Crippen molar-refractivity contribution < 1.29 is 23.5 Å². The second-order valence-electron chi connectivity index (χ2n) is 9.30. The lowest BCUT2D eigenvalue weighted by Gasteiger charge is -2.31. The molecule has 9 heteroatoms. The average Bonchev–Trinajstić information content (AvgIpc) is 3.32. The van der Waals surface area contributed by atoms with Gasteiger partial charge in [0.25, 0.3) is 5.91 Å². The van der Waals surface area contributed by atoms with E-state index in [9.17, 15) is 14.0 Å². The van der Waals surface area contributed by atoms with Gasteiger partial charge in [0, 0.05) is 19.0 Å². The van der Waals surface area contributed by atoms with Crippen molar-refractivity contribution in [2.75, 3.05) is 25.5 Å². The Morgan fingerprint density at radius 2 is 1.89 bits per heavy atom. The number of carbonyl (C=O) groups is 2. The van der Waals surface area contributed by atoms with Gasteiger partial charge in [-0.1, -0.05) is 18.2 Å². The smallest absolute Gasteiger partial charge is 0.274 e. The van der Waals surface area contributed by atoms with Crippen molar-refractivity contribution in [1.29, 1.82) is 0 Å². The summed E-state index contributed by atoms with van der Waals surface area (Å²) < 4.78 is 26.5. The summed E-state index contributed by atoms with van der Waals surface area (Å²) in [6.45, 7) is 3.68. The first-order chi connectivity index (χ1) is 17.4. The lowest BCUT2D eigenvalue weighted by molar-refractivity contribution is -0.121. The lowest BCUT2D eigenvalue weighted by Crippen LogP contribution is -2.42. The van der Waals surface area contributed by atoms with Crippen LogP contribution >= 0.6 is 0 Å². The van der Waals surface area contributed by atoms with Gasteiger partial charge in [-0.25, -0.2) is 9.37 Å². The van der Waals surface area contributed by atoms with Crippen molar-refractivity contribution in [3.8, 4) is 5.75 Å². The highest BCUT2D eigenvalue weighted by Crippen LogP contribution is 2.30. The van der Waals surface area contributed by atoms with Gasteiger partial charge in [0.05, 0.1) is 38.0 Å². The molecule has 2 aromatic carbocycles. The van der Waals surface area contributed by atoms with Crippen LogP contribution in [-0.4, -0.2) is 46.5 Å². The lowest BCUT2D eigenvalue weighted by atomic mass is 9.95. The zero-order valence-electron chi connectivity index (χ0n) is 20.4. The van der Waals surface area contributed by atoms with Crippen LogP contribution in [0.1, 0.15) is 46.3 Å². The minimum atomic E-state index is -0.290. The van der Waals surface area contributed by atoms with E-state index in [1.165, 1.54) is 12.1 Å². The van der Waals surface area contributed by atoms with Crippen LogP contribution in [0.3, 0.4) is 0 Å². The number of anilines is 1. The molecule has 1 unspecified atom stereocenters. The summed E-state index contributed by atoms with van der Waals surface area (Å²) in [6, 6.07) is 11.9. The van der Waals surface area contributed by atoms with E-state index in [0.29, 0.717) is 49.6 Å². The number of methoxy groups -OCH3 is 1. The van der Waals surface area contributed by atoms with E-state index in [1.54, 1.807) is 30.5 Å². The van der Waals surface area contributed by atoms with Crippen LogP contribution in [0, 0.1) is 18.7 Å². The van der Waals surface area contributed by atoms with Crippen LogP contribution < -0.4 is 10.1 Å². The van der Waals surface area contributed by atoms with E-state index < -0.39 is 0 Å². The Morgan fingerprint density at radius 1 is 1.14 bits per heavy atom. The highest BCUT2D eigenvalue weighted by molar-refractivity contribution is 5.95. The summed E-state index contributed by atoms with van der Waals surface area (Å²) in [5.74, 6) is -0.0655. The van der Waals surface area contributed by atoms with Gasteiger partial charge in [0.15, 0.2) is 5.69 Å². The molecule has 0 radical (unpaired) electrons. The first kappa shape index (κ1) is 24.0. The first-order valence-electron chi connectivity index (χ1n) is 12.1. The maximum absolute atomic E-state index is 13.2. The maximum Gasteiger partial charge on any atom is 0.274 e. The fourth-order valence-corrected chi connectivity index (χ4v) is 4.83. The SMILES string of the molecule is COc1ccc(C)cc1NC(=O)C1CCN(C(=O)c2ncn3c2COC(c2ccc(F)cc2)C3)CC1. The van der Waals surface area contributed by atoms with Crippen LogP contribution in [0.2, 0.25) is 0 Å². The number of benzene rings is 2. The van der Waals surface area contributed by atoms with Crippen LogP contribution in [0.25, 0.3) is 0 Å². The number of aromatic nitrogens is 2. The zero-order valence-corrected chi connectivity index (χ0v) is 20.4. The molecule has 2 aliphatic rings. The number of halogens is 1. The van der Waals surface area contributed by atoms with E-state index >= 15 is 0 Å². The quantitative estimate of drug-likeness (QED) is 0.580. The molecule has 1 atom stereocenters. The number of hydrogen-bond donors (Lipinski definition) is 1. The Kier molecular flexibility index (Phi) is 6.73. The molecule has 0 bridgehead atoms. The summed E-state index contributed by atoms with van der Waals surface area (Å²) in [6.07, 6.45) is 2.59. The monoisotopic (exact) mass is 492 g/mol. The first-order valence-corrected chi connectivity index (χ1v) is 12.1. The Hall–Kier alpha value is -3.72. The minimum absolute atomic E-state index is 0.0643. The topological polar surface area (TPSA) is 85.7 Å². The fourth-order valence-electron chi connectivity index (χ4n) is 4.83. The molecule has 36 heavy (non-hydrogen) atoms. The van der Waals surface area contributed by atoms with E-state index in [-0.39, 0.29) is 36.3 Å². The van der Waals surface area contributed by atoms with Crippen LogP contribution in [0.5, 0.6) is 5.75 Å². The fraction of sp³-hybridized carbons (Fsp3) is 0.370. The summed E-state index contributed by atoms with van der Waals surface area (Å²) in [7, 11) is 1.58. The predicted octanol–water partition coefficient (Wildman–Crippen LogP) is 4.10. The molecule has 0 saturated carbocycles. The number of ether oxygens (including phenoxy) is 2. The normalized spacial score (nSPS) is 18.0. The number of carbonyl (C=O) groups excluding carboxylic acids is 2. The summed E-state index contributed by atoms with van der Waals surface area (Å²) >= 11 is 0. The molecule has 1 N–H and O–H groups in total. The molecule has 3 aromatic rings. The molecular formula is C27H29FN4O4. The Bertz CT molecular complexity index is 1270. The molecule has 1 fully saturated rings. The number of rotatable bonds is 5. The van der Waals surface area contributed by atoms with E-state index in [2.05, 4.69) is 10.3 Å². The van der Waals surface area contributed by atoms with Crippen LogP contribution in [0.4, 0.5) is 10.1 Å². The minimum Gasteiger partial charge on any atom is -0.495 e.